The Morgan fingerprint density at radius 3 is 2.47 bits per heavy atom. The lowest BCUT2D eigenvalue weighted by Crippen LogP contribution is -2.49. The van der Waals surface area contributed by atoms with E-state index in [9.17, 15) is 13.2 Å². The van der Waals surface area contributed by atoms with E-state index >= 15 is 0 Å². The van der Waals surface area contributed by atoms with Crippen LogP contribution in [0.4, 0.5) is 0 Å². The van der Waals surface area contributed by atoms with Gasteiger partial charge in [-0.25, -0.2) is 8.42 Å². The average molecular weight is 256 g/mol. The molecule has 1 amide bonds. The van der Waals surface area contributed by atoms with E-state index in [-0.39, 0.29) is 29.6 Å². The number of benzene rings is 1. The highest BCUT2D eigenvalue weighted by molar-refractivity contribution is 7.89. The third-order valence-corrected chi connectivity index (χ3v) is 4.34. The molecule has 2 N–H and O–H groups in total. The molecular weight excluding hydrogens is 244 g/mol. The van der Waals surface area contributed by atoms with Gasteiger partial charge in [0.1, 0.15) is 5.75 Å². The standard InChI is InChI=1S/C10H12N2O4S/c13-8-1-3-9(4-2-8)17(15,16)12-6-5-11-10(14)7-12/h1-4,13H,5-7H2,(H,11,14). The second-order valence-corrected chi connectivity index (χ2v) is 5.62. The second kappa shape index (κ2) is 4.34. The Morgan fingerprint density at radius 2 is 1.88 bits per heavy atom. The van der Waals surface area contributed by atoms with Gasteiger partial charge in [-0.2, -0.15) is 4.31 Å². The molecule has 0 bridgehead atoms. The zero-order valence-corrected chi connectivity index (χ0v) is 9.77. The molecule has 0 unspecified atom stereocenters. The van der Waals surface area contributed by atoms with Crippen LogP contribution in [-0.2, 0) is 14.8 Å². The summed E-state index contributed by atoms with van der Waals surface area (Å²) >= 11 is 0. The highest BCUT2D eigenvalue weighted by Gasteiger charge is 2.28. The van der Waals surface area contributed by atoms with Crippen LogP contribution in [0, 0.1) is 0 Å². The van der Waals surface area contributed by atoms with Crippen molar-refractivity contribution in [3.05, 3.63) is 24.3 Å². The molecule has 0 atom stereocenters. The van der Waals surface area contributed by atoms with E-state index in [1.54, 1.807) is 0 Å². The first-order valence-corrected chi connectivity index (χ1v) is 6.50. The van der Waals surface area contributed by atoms with Gasteiger partial charge in [0.05, 0.1) is 11.4 Å². The highest BCUT2D eigenvalue weighted by Crippen LogP contribution is 2.18. The fourth-order valence-electron chi connectivity index (χ4n) is 1.59. The van der Waals surface area contributed by atoms with Crippen molar-refractivity contribution in [1.29, 1.82) is 0 Å². The number of piperazine rings is 1. The predicted octanol–water partition coefficient (Wildman–Crippen LogP) is -0.487. The van der Waals surface area contributed by atoms with Crippen molar-refractivity contribution in [2.24, 2.45) is 0 Å². The molecule has 1 fully saturated rings. The fourth-order valence-corrected chi connectivity index (χ4v) is 2.98. The summed E-state index contributed by atoms with van der Waals surface area (Å²) in [6.07, 6.45) is 0. The van der Waals surface area contributed by atoms with E-state index in [2.05, 4.69) is 5.32 Å². The lowest BCUT2D eigenvalue weighted by molar-refractivity contribution is -0.122. The van der Waals surface area contributed by atoms with E-state index < -0.39 is 10.0 Å². The van der Waals surface area contributed by atoms with Crippen LogP contribution in [0.25, 0.3) is 0 Å². The number of amides is 1. The van der Waals surface area contributed by atoms with E-state index in [1.165, 1.54) is 24.3 Å². The van der Waals surface area contributed by atoms with Gasteiger partial charge < -0.3 is 10.4 Å². The van der Waals surface area contributed by atoms with Crippen LogP contribution >= 0.6 is 0 Å². The topological polar surface area (TPSA) is 86.7 Å². The van der Waals surface area contributed by atoms with Crippen LogP contribution in [-0.4, -0.2) is 43.4 Å². The van der Waals surface area contributed by atoms with Crippen LogP contribution in [0.5, 0.6) is 5.75 Å². The zero-order valence-electron chi connectivity index (χ0n) is 8.96. The second-order valence-electron chi connectivity index (χ2n) is 3.68. The van der Waals surface area contributed by atoms with Crippen molar-refractivity contribution in [2.45, 2.75) is 4.90 Å². The molecule has 0 radical (unpaired) electrons. The molecule has 0 spiro atoms. The smallest absolute Gasteiger partial charge is 0.243 e. The number of phenolic OH excluding ortho intramolecular Hbond substituents is 1. The largest absolute Gasteiger partial charge is 0.508 e. The Balaban J connectivity index is 2.29. The van der Waals surface area contributed by atoms with Gasteiger partial charge in [-0.15, -0.1) is 0 Å². The van der Waals surface area contributed by atoms with Crippen LogP contribution in [0.2, 0.25) is 0 Å². The maximum Gasteiger partial charge on any atom is 0.243 e. The molecule has 6 nitrogen and oxygen atoms in total. The summed E-state index contributed by atoms with van der Waals surface area (Å²) in [5, 5.41) is 11.7. The summed E-state index contributed by atoms with van der Waals surface area (Å²) in [4.78, 5) is 11.2. The number of carbonyl (C=O) groups excluding carboxylic acids is 1. The molecule has 1 aliphatic rings. The monoisotopic (exact) mass is 256 g/mol. The van der Waals surface area contributed by atoms with Gasteiger partial charge in [0.2, 0.25) is 15.9 Å². The Hall–Kier alpha value is -1.60. The maximum atomic E-state index is 12.1. The number of phenols is 1. The summed E-state index contributed by atoms with van der Waals surface area (Å²) < 4.78 is 25.3. The molecule has 1 heterocycles. The third-order valence-electron chi connectivity index (χ3n) is 2.48. The van der Waals surface area contributed by atoms with Gasteiger partial charge in [-0.05, 0) is 24.3 Å². The molecule has 1 aromatic carbocycles. The van der Waals surface area contributed by atoms with Crippen molar-refractivity contribution < 1.29 is 18.3 Å². The predicted molar refractivity (Wildman–Crippen MR) is 59.9 cm³/mol. The molecule has 2 rings (SSSR count). The Bertz CT molecular complexity index is 524. The molecule has 0 saturated carbocycles. The van der Waals surface area contributed by atoms with Crippen molar-refractivity contribution in [3.8, 4) is 5.75 Å². The highest BCUT2D eigenvalue weighted by atomic mass is 32.2. The van der Waals surface area contributed by atoms with Crippen LogP contribution in [0.15, 0.2) is 29.2 Å². The summed E-state index contributed by atoms with van der Waals surface area (Å²) in [5.41, 5.74) is 0. The van der Waals surface area contributed by atoms with Crippen LogP contribution < -0.4 is 5.32 Å². The fraction of sp³-hybridized carbons (Fsp3) is 0.300. The van der Waals surface area contributed by atoms with Gasteiger partial charge in [-0.1, -0.05) is 0 Å². The number of hydrogen-bond donors (Lipinski definition) is 2. The molecule has 0 aliphatic carbocycles. The number of sulfonamides is 1. The molecule has 1 aliphatic heterocycles. The van der Waals surface area contributed by atoms with Crippen molar-refractivity contribution in [3.63, 3.8) is 0 Å². The first kappa shape index (κ1) is 11.9. The summed E-state index contributed by atoms with van der Waals surface area (Å²) in [6, 6.07) is 5.24. The van der Waals surface area contributed by atoms with Gasteiger partial charge in [0.15, 0.2) is 0 Å². The lowest BCUT2D eigenvalue weighted by Gasteiger charge is -2.25. The van der Waals surface area contributed by atoms with E-state index in [1.807, 2.05) is 0 Å². The Morgan fingerprint density at radius 1 is 1.24 bits per heavy atom. The summed E-state index contributed by atoms with van der Waals surface area (Å²) in [6.45, 7) is 0.411. The van der Waals surface area contributed by atoms with Gasteiger partial charge >= 0.3 is 0 Å². The van der Waals surface area contributed by atoms with Gasteiger partial charge in [0, 0.05) is 13.1 Å². The Kier molecular flexibility index (Phi) is 3.03. The molecular formula is C10H12N2O4S. The molecule has 92 valence electrons. The van der Waals surface area contributed by atoms with E-state index in [4.69, 9.17) is 5.11 Å². The normalized spacial score (nSPS) is 17.8. The van der Waals surface area contributed by atoms with E-state index in [0.29, 0.717) is 6.54 Å². The SMILES string of the molecule is O=C1CN(S(=O)(=O)c2ccc(O)cc2)CCN1. The maximum absolute atomic E-state index is 12.1. The third kappa shape index (κ3) is 2.40. The minimum atomic E-state index is -3.65. The number of carbonyl (C=O) groups is 1. The van der Waals surface area contributed by atoms with Gasteiger partial charge in [0.25, 0.3) is 0 Å². The van der Waals surface area contributed by atoms with Crippen LogP contribution in [0.1, 0.15) is 0 Å². The lowest BCUT2D eigenvalue weighted by atomic mass is 10.3. The minimum Gasteiger partial charge on any atom is -0.508 e. The zero-order chi connectivity index (χ0) is 12.5. The summed E-state index contributed by atoms with van der Waals surface area (Å²) in [7, 11) is -3.65. The first-order chi connectivity index (χ1) is 8.00. The molecule has 7 heteroatoms. The number of hydrogen-bond acceptors (Lipinski definition) is 4. The molecule has 1 saturated heterocycles. The Labute approximate surface area is 98.9 Å². The number of nitrogens with one attached hydrogen (secondary N) is 1. The molecule has 17 heavy (non-hydrogen) atoms. The first-order valence-electron chi connectivity index (χ1n) is 5.06. The number of nitrogens with zero attached hydrogens (tertiary/aromatic N) is 1. The molecule has 1 aromatic rings. The van der Waals surface area contributed by atoms with Gasteiger partial charge in [-0.3, -0.25) is 4.79 Å². The number of rotatable bonds is 2. The number of aromatic hydroxyl groups is 1. The van der Waals surface area contributed by atoms with Crippen molar-refractivity contribution in [1.82, 2.24) is 9.62 Å². The summed E-state index contributed by atoms with van der Waals surface area (Å²) in [5.74, 6) is -0.307. The van der Waals surface area contributed by atoms with Crippen LogP contribution in [0.3, 0.4) is 0 Å². The van der Waals surface area contributed by atoms with Crippen molar-refractivity contribution >= 4 is 15.9 Å². The van der Waals surface area contributed by atoms with E-state index in [0.717, 1.165) is 4.31 Å². The minimum absolute atomic E-state index is 0.000312. The average Bonchev–Trinajstić information content (AvgIpc) is 2.29. The van der Waals surface area contributed by atoms with Crippen molar-refractivity contribution in [2.75, 3.05) is 19.6 Å². The quantitative estimate of drug-likeness (QED) is 0.747. The molecule has 0 aromatic heterocycles.